The molecule has 126 valence electrons. The molecule has 1 aromatic heterocycles. The molecule has 1 N–H and O–H groups in total. The van der Waals surface area contributed by atoms with Gasteiger partial charge in [0.2, 0.25) is 0 Å². The molecule has 0 aliphatic rings. The van der Waals surface area contributed by atoms with E-state index in [1.807, 2.05) is 0 Å². The topological polar surface area (TPSA) is 42.0 Å². The van der Waals surface area contributed by atoms with Crippen LogP contribution in [-0.4, -0.2) is 10.8 Å². The molecule has 0 aliphatic carbocycles. The van der Waals surface area contributed by atoms with Crippen LogP contribution in [0.2, 0.25) is 10.0 Å². The molecule has 25 heavy (non-hydrogen) atoms. The standard InChI is InChI=1S/C18H10Cl2F2N2O/c19-12-6-4-10(8-13(12)20)18(25)11-5-7-16(23-9-11)24-17-14(21)2-1-3-15(17)22/h1-9H,(H,23,24). The van der Waals surface area contributed by atoms with E-state index in [1.165, 1.54) is 36.5 Å². The van der Waals surface area contributed by atoms with Gasteiger partial charge in [-0.1, -0.05) is 29.3 Å². The van der Waals surface area contributed by atoms with E-state index in [4.69, 9.17) is 23.2 Å². The summed E-state index contributed by atoms with van der Waals surface area (Å²) in [4.78, 5) is 16.4. The van der Waals surface area contributed by atoms with Gasteiger partial charge in [-0.25, -0.2) is 13.8 Å². The molecule has 3 aromatic rings. The molecule has 0 amide bonds. The second-order valence-electron chi connectivity index (χ2n) is 5.11. The summed E-state index contributed by atoms with van der Waals surface area (Å²) in [6.45, 7) is 0. The van der Waals surface area contributed by atoms with Crippen molar-refractivity contribution in [2.24, 2.45) is 0 Å². The summed E-state index contributed by atoms with van der Waals surface area (Å²) in [5.74, 6) is -1.57. The molecule has 0 unspecified atom stereocenters. The van der Waals surface area contributed by atoms with Crippen molar-refractivity contribution < 1.29 is 13.6 Å². The summed E-state index contributed by atoms with van der Waals surface area (Å²) in [6, 6.07) is 11.0. The summed E-state index contributed by atoms with van der Waals surface area (Å²) in [6.07, 6.45) is 1.31. The number of carbonyl (C=O) groups excluding carboxylic acids is 1. The fourth-order valence-corrected chi connectivity index (χ4v) is 2.45. The number of carbonyl (C=O) groups is 1. The SMILES string of the molecule is O=C(c1ccc(Nc2c(F)cccc2F)nc1)c1ccc(Cl)c(Cl)c1. The highest BCUT2D eigenvalue weighted by Gasteiger charge is 2.13. The van der Waals surface area contributed by atoms with E-state index in [9.17, 15) is 13.6 Å². The van der Waals surface area contributed by atoms with Gasteiger partial charge in [0.15, 0.2) is 5.78 Å². The van der Waals surface area contributed by atoms with E-state index in [0.717, 1.165) is 12.1 Å². The van der Waals surface area contributed by atoms with Crippen LogP contribution in [0.3, 0.4) is 0 Å². The summed E-state index contributed by atoms with van der Waals surface area (Å²) < 4.78 is 27.3. The van der Waals surface area contributed by atoms with E-state index in [2.05, 4.69) is 10.3 Å². The fourth-order valence-electron chi connectivity index (χ4n) is 2.15. The molecule has 0 atom stereocenters. The van der Waals surface area contributed by atoms with E-state index in [0.29, 0.717) is 16.1 Å². The van der Waals surface area contributed by atoms with Gasteiger partial charge < -0.3 is 5.32 Å². The summed E-state index contributed by atoms with van der Waals surface area (Å²) >= 11 is 11.7. The molecule has 0 spiro atoms. The third-order valence-corrected chi connectivity index (χ3v) is 4.16. The number of hydrogen-bond acceptors (Lipinski definition) is 3. The molecule has 0 radical (unpaired) electrons. The number of para-hydroxylation sites is 1. The molecule has 2 aromatic carbocycles. The van der Waals surface area contributed by atoms with Crippen molar-refractivity contribution in [3.05, 3.63) is 87.5 Å². The van der Waals surface area contributed by atoms with Crippen LogP contribution in [0.5, 0.6) is 0 Å². The minimum Gasteiger partial charge on any atom is -0.335 e. The first-order chi connectivity index (χ1) is 12.0. The third-order valence-electron chi connectivity index (χ3n) is 3.42. The lowest BCUT2D eigenvalue weighted by Gasteiger charge is -2.08. The highest BCUT2D eigenvalue weighted by Crippen LogP contribution is 2.25. The Hall–Kier alpha value is -2.50. The molecule has 0 saturated carbocycles. The quantitative estimate of drug-likeness (QED) is 0.597. The van der Waals surface area contributed by atoms with E-state index < -0.39 is 11.6 Å². The minimum absolute atomic E-state index is 0.203. The number of benzene rings is 2. The maximum atomic E-state index is 13.6. The van der Waals surface area contributed by atoms with Gasteiger partial charge in [0.1, 0.15) is 23.1 Å². The third kappa shape index (κ3) is 3.78. The second kappa shape index (κ2) is 7.17. The lowest BCUT2D eigenvalue weighted by atomic mass is 10.1. The van der Waals surface area contributed by atoms with Gasteiger partial charge in [0.05, 0.1) is 10.0 Å². The van der Waals surface area contributed by atoms with Gasteiger partial charge in [0, 0.05) is 17.3 Å². The highest BCUT2D eigenvalue weighted by molar-refractivity contribution is 6.42. The first-order valence-corrected chi connectivity index (χ1v) is 7.88. The molecule has 3 nitrogen and oxygen atoms in total. The Labute approximate surface area is 152 Å². The summed E-state index contributed by atoms with van der Waals surface area (Å²) in [5.41, 5.74) is 0.355. The van der Waals surface area contributed by atoms with Crippen LogP contribution < -0.4 is 5.32 Å². The predicted molar refractivity (Wildman–Crippen MR) is 93.8 cm³/mol. The number of anilines is 2. The van der Waals surface area contributed by atoms with Crippen LogP contribution in [0.15, 0.2) is 54.7 Å². The first-order valence-electron chi connectivity index (χ1n) is 7.12. The van der Waals surface area contributed by atoms with Crippen LogP contribution in [0, 0.1) is 11.6 Å². The Morgan fingerprint density at radius 2 is 1.60 bits per heavy atom. The van der Waals surface area contributed by atoms with Crippen LogP contribution >= 0.6 is 23.2 Å². The number of rotatable bonds is 4. The van der Waals surface area contributed by atoms with Crippen molar-refractivity contribution in [2.45, 2.75) is 0 Å². The van der Waals surface area contributed by atoms with Crippen molar-refractivity contribution in [3.8, 4) is 0 Å². The summed E-state index contributed by atoms with van der Waals surface area (Å²) in [7, 11) is 0. The molecule has 3 rings (SSSR count). The molecular weight excluding hydrogens is 369 g/mol. The number of hydrogen-bond donors (Lipinski definition) is 1. The van der Waals surface area contributed by atoms with Gasteiger partial charge in [-0.15, -0.1) is 0 Å². The van der Waals surface area contributed by atoms with Crippen molar-refractivity contribution in [1.29, 1.82) is 0 Å². The molecule has 0 saturated heterocycles. The van der Waals surface area contributed by atoms with Crippen molar-refractivity contribution in [1.82, 2.24) is 4.98 Å². The molecule has 7 heteroatoms. The second-order valence-corrected chi connectivity index (χ2v) is 5.93. The normalized spacial score (nSPS) is 10.6. The maximum Gasteiger partial charge on any atom is 0.194 e. The van der Waals surface area contributed by atoms with Crippen LogP contribution in [-0.2, 0) is 0 Å². The van der Waals surface area contributed by atoms with Gasteiger partial charge in [-0.05, 0) is 42.5 Å². The summed E-state index contributed by atoms with van der Waals surface area (Å²) in [5, 5.41) is 3.17. The van der Waals surface area contributed by atoms with Gasteiger partial charge >= 0.3 is 0 Å². The Kier molecular flexibility index (Phi) is 4.97. The Morgan fingerprint density at radius 3 is 2.20 bits per heavy atom. The smallest absolute Gasteiger partial charge is 0.194 e. The zero-order valence-electron chi connectivity index (χ0n) is 12.6. The predicted octanol–water partition coefficient (Wildman–Crippen LogP) is 5.64. The van der Waals surface area contributed by atoms with Crippen molar-refractivity contribution in [2.75, 3.05) is 5.32 Å². The van der Waals surface area contributed by atoms with Crippen LogP contribution in [0.25, 0.3) is 0 Å². The fraction of sp³-hybridized carbons (Fsp3) is 0. The molecule has 0 fully saturated rings. The van der Waals surface area contributed by atoms with Crippen LogP contribution in [0.4, 0.5) is 20.3 Å². The maximum absolute atomic E-state index is 13.6. The lowest BCUT2D eigenvalue weighted by molar-refractivity contribution is 0.103. The van der Waals surface area contributed by atoms with E-state index >= 15 is 0 Å². The molecule has 1 heterocycles. The highest BCUT2D eigenvalue weighted by atomic mass is 35.5. The zero-order valence-corrected chi connectivity index (χ0v) is 14.1. The Balaban J connectivity index is 1.82. The average molecular weight is 379 g/mol. The number of halogens is 4. The number of pyridine rings is 1. The average Bonchev–Trinajstić information content (AvgIpc) is 2.61. The lowest BCUT2D eigenvalue weighted by Crippen LogP contribution is -2.04. The van der Waals surface area contributed by atoms with Gasteiger partial charge in [0.25, 0.3) is 0 Å². The molecule has 0 aliphatic heterocycles. The zero-order chi connectivity index (χ0) is 18.0. The van der Waals surface area contributed by atoms with Crippen molar-refractivity contribution >= 4 is 40.5 Å². The Morgan fingerprint density at radius 1 is 0.920 bits per heavy atom. The monoisotopic (exact) mass is 378 g/mol. The molecular formula is C18H10Cl2F2N2O. The van der Waals surface area contributed by atoms with Crippen LogP contribution in [0.1, 0.15) is 15.9 Å². The molecule has 0 bridgehead atoms. The Bertz CT molecular complexity index is 926. The largest absolute Gasteiger partial charge is 0.335 e. The number of aromatic nitrogens is 1. The first kappa shape index (κ1) is 17.3. The van der Waals surface area contributed by atoms with E-state index in [1.54, 1.807) is 6.07 Å². The van der Waals surface area contributed by atoms with Gasteiger partial charge in [-0.2, -0.15) is 0 Å². The van der Waals surface area contributed by atoms with Crippen molar-refractivity contribution in [3.63, 3.8) is 0 Å². The van der Waals surface area contributed by atoms with E-state index in [-0.39, 0.29) is 22.3 Å². The number of ketones is 1. The number of nitrogens with zero attached hydrogens (tertiary/aromatic N) is 1. The van der Waals surface area contributed by atoms with Gasteiger partial charge in [-0.3, -0.25) is 4.79 Å². The number of nitrogens with one attached hydrogen (secondary N) is 1. The minimum atomic E-state index is -0.738.